The Balaban J connectivity index is 2.00. The van der Waals surface area contributed by atoms with Crippen LogP contribution in [0.1, 0.15) is 50.3 Å². The number of halogens is 1. The first-order valence-corrected chi connectivity index (χ1v) is 7.45. The lowest BCUT2D eigenvalue weighted by Crippen LogP contribution is -2.52. The van der Waals surface area contributed by atoms with Crippen LogP contribution in [-0.4, -0.2) is 23.3 Å². The summed E-state index contributed by atoms with van der Waals surface area (Å²) < 4.78 is 13.3. The molecule has 1 aromatic carbocycles. The molecule has 2 amide bonds. The molecule has 0 fully saturated rings. The number of carbonyl (C=O) groups excluding carboxylic acids is 1. The minimum atomic E-state index is -0.623. The van der Waals surface area contributed by atoms with Gasteiger partial charge in [0, 0.05) is 0 Å². The van der Waals surface area contributed by atoms with Crippen LogP contribution in [0.15, 0.2) is 18.2 Å². The summed E-state index contributed by atoms with van der Waals surface area (Å²) in [7, 11) is 0. The van der Waals surface area contributed by atoms with Gasteiger partial charge in [-0.2, -0.15) is 0 Å². The first-order chi connectivity index (χ1) is 9.97. The highest BCUT2D eigenvalue weighted by molar-refractivity contribution is 5.75. The number of hydrogen-bond acceptors (Lipinski definition) is 2. The monoisotopic (exact) mass is 294 g/mol. The van der Waals surface area contributed by atoms with Crippen LogP contribution >= 0.6 is 0 Å². The first-order valence-electron chi connectivity index (χ1n) is 7.45. The highest BCUT2D eigenvalue weighted by Crippen LogP contribution is 2.31. The maximum absolute atomic E-state index is 13.3. The van der Waals surface area contributed by atoms with Gasteiger partial charge in [-0.3, -0.25) is 0 Å². The van der Waals surface area contributed by atoms with Crippen LogP contribution in [0, 0.1) is 5.82 Å². The van der Waals surface area contributed by atoms with E-state index in [0.29, 0.717) is 6.42 Å². The van der Waals surface area contributed by atoms with E-state index in [1.165, 1.54) is 12.1 Å². The minimum absolute atomic E-state index is 0.107. The smallest absolute Gasteiger partial charge is 0.315 e. The molecule has 2 atom stereocenters. The molecule has 2 rings (SSSR count). The maximum Gasteiger partial charge on any atom is 0.315 e. The molecule has 116 valence electrons. The zero-order valence-electron chi connectivity index (χ0n) is 12.6. The maximum atomic E-state index is 13.3. The van der Waals surface area contributed by atoms with Crippen LogP contribution in [0.25, 0.3) is 0 Å². The fraction of sp³-hybridized carbons (Fsp3) is 0.562. The first kappa shape index (κ1) is 15.8. The zero-order valence-corrected chi connectivity index (χ0v) is 12.6. The normalized spacial score (nSPS) is 19.7. The van der Waals surface area contributed by atoms with Crippen molar-refractivity contribution in [3.8, 4) is 0 Å². The Hall–Kier alpha value is -1.62. The van der Waals surface area contributed by atoms with Gasteiger partial charge in [-0.25, -0.2) is 9.18 Å². The van der Waals surface area contributed by atoms with E-state index >= 15 is 0 Å². The van der Waals surface area contributed by atoms with Gasteiger partial charge in [0.2, 0.25) is 0 Å². The second-order valence-electron chi connectivity index (χ2n) is 6.00. The number of carbonyl (C=O) groups is 1. The molecule has 5 heteroatoms. The lowest BCUT2D eigenvalue weighted by molar-refractivity contribution is 0.162. The fourth-order valence-corrected chi connectivity index (χ4v) is 2.92. The van der Waals surface area contributed by atoms with Crippen LogP contribution < -0.4 is 10.6 Å². The molecule has 4 nitrogen and oxygen atoms in total. The lowest BCUT2D eigenvalue weighted by atomic mass is 9.97. The van der Waals surface area contributed by atoms with Crippen molar-refractivity contribution in [3.63, 3.8) is 0 Å². The van der Waals surface area contributed by atoms with Gasteiger partial charge in [0.1, 0.15) is 5.82 Å². The molecule has 0 aromatic heterocycles. The average molecular weight is 294 g/mol. The number of aliphatic hydroxyl groups is 1. The van der Waals surface area contributed by atoms with Crippen molar-refractivity contribution < 1.29 is 14.3 Å². The summed E-state index contributed by atoms with van der Waals surface area (Å²) >= 11 is 0. The van der Waals surface area contributed by atoms with Crippen LogP contribution in [-0.2, 0) is 6.42 Å². The molecule has 2 unspecified atom stereocenters. The Bertz CT molecular complexity index is 521. The van der Waals surface area contributed by atoms with E-state index in [9.17, 15) is 14.3 Å². The summed E-state index contributed by atoms with van der Waals surface area (Å²) in [5.41, 5.74) is 1.31. The predicted octanol–water partition coefficient (Wildman–Crippen LogP) is 2.66. The van der Waals surface area contributed by atoms with E-state index in [-0.39, 0.29) is 24.5 Å². The molecule has 3 N–H and O–H groups in total. The molecule has 0 saturated carbocycles. The van der Waals surface area contributed by atoms with E-state index in [0.717, 1.165) is 30.4 Å². The van der Waals surface area contributed by atoms with E-state index in [2.05, 4.69) is 10.6 Å². The SMILES string of the molecule is CCCC(C)(CO)NC(=O)NC1CCc2ccc(F)cc21. The number of amides is 2. The van der Waals surface area contributed by atoms with Gasteiger partial charge in [0.25, 0.3) is 0 Å². The molecule has 0 spiro atoms. The average Bonchev–Trinajstić information content (AvgIpc) is 2.81. The van der Waals surface area contributed by atoms with Crippen molar-refractivity contribution in [2.75, 3.05) is 6.61 Å². The lowest BCUT2D eigenvalue weighted by Gasteiger charge is -2.29. The van der Waals surface area contributed by atoms with Crippen LogP contribution in [0.2, 0.25) is 0 Å². The van der Waals surface area contributed by atoms with E-state index in [1.807, 2.05) is 13.8 Å². The zero-order chi connectivity index (χ0) is 15.5. The van der Waals surface area contributed by atoms with E-state index < -0.39 is 5.54 Å². The molecule has 0 heterocycles. The largest absolute Gasteiger partial charge is 0.394 e. The van der Waals surface area contributed by atoms with E-state index in [1.54, 1.807) is 6.07 Å². The molecule has 0 radical (unpaired) electrons. The second kappa shape index (κ2) is 6.43. The molecule has 0 saturated heterocycles. The molecule has 1 aromatic rings. The quantitative estimate of drug-likeness (QED) is 0.782. The summed E-state index contributed by atoms with van der Waals surface area (Å²) in [6.07, 6.45) is 3.18. The van der Waals surface area contributed by atoms with Gasteiger partial charge in [-0.1, -0.05) is 19.4 Å². The number of aryl methyl sites for hydroxylation is 1. The number of aliphatic hydroxyl groups excluding tert-OH is 1. The topological polar surface area (TPSA) is 61.4 Å². The second-order valence-corrected chi connectivity index (χ2v) is 6.00. The standard InChI is InChI=1S/C16H23FN2O2/c1-3-8-16(2,10-20)19-15(21)18-14-7-5-11-4-6-12(17)9-13(11)14/h4,6,9,14,20H,3,5,7-8,10H2,1-2H3,(H2,18,19,21). The van der Waals surface area contributed by atoms with Gasteiger partial charge in [-0.15, -0.1) is 0 Å². The summed E-state index contributed by atoms with van der Waals surface area (Å²) in [5.74, 6) is -0.283. The number of fused-ring (bicyclic) bond motifs is 1. The predicted molar refractivity (Wildman–Crippen MR) is 79.5 cm³/mol. The van der Waals surface area contributed by atoms with Crippen molar-refractivity contribution in [2.45, 2.75) is 51.1 Å². The number of rotatable bonds is 5. The fourth-order valence-electron chi connectivity index (χ4n) is 2.92. The Morgan fingerprint density at radius 2 is 2.29 bits per heavy atom. The molecule has 0 bridgehead atoms. The van der Waals surface area contributed by atoms with Crippen LogP contribution in [0.4, 0.5) is 9.18 Å². The Labute approximate surface area is 124 Å². The van der Waals surface area contributed by atoms with Crippen molar-refractivity contribution in [3.05, 3.63) is 35.1 Å². The molecule has 1 aliphatic carbocycles. The molecule has 21 heavy (non-hydrogen) atoms. The number of hydrogen-bond donors (Lipinski definition) is 3. The van der Waals surface area contributed by atoms with Gasteiger partial charge in [0.05, 0.1) is 18.2 Å². The highest BCUT2D eigenvalue weighted by atomic mass is 19.1. The van der Waals surface area contributed by atoms with Crippen molar-refractivity contribution in [1.29, 1.82) is 0 Å². The molecule has 0 aliphatic heterocycles. The van der Waals surface area contributed by atoms with Gasteiger partial charge in [-0.05, 0) is 49.4 Å². The van der Waals surface area contributed by atoms with Crippen molar-refractivity contribution in [2.24, 2.45) is 0 Å². The third kappa shape index (κ3) is 3.73. The summed E-state index contributed by atoms with van der Waals surface area (Å²) in [6.45, 7) is 3.71. The molecular formula is C16H23FN2O2. The Kier molecular flexibility index (Phi) is 4.83. The number of benzene rings is 1. The Morgan fingerprint density at radius 3 is 2.95 bits per heavy atom. The van der Waals surface area contributed by atoms with Crippen LogP contribution in [0.5, 0.6) is 0 Å². The molecule has 1 aliphatic rings. The van der Waals surface area contributed by atoms with Gasteiger partial charge >= 0.3 is 6.03 Å². The van der Waals surface area contributed by atoms with E-state index in [4.69, 9.17) is 0 Å². The van der Waals surface area contributed by atoms with Gasteiger partial charge in [0.15, 0.2) is 0 Å². The van der Waals surface area contributed by atoms with Crippen molar-refractivity contribution >= 4 is 6.03 Å². The number of nitrogens with one attached hydrogen (secondary N) is 2. The third-order valence-electron chi connectivity index (χ3n) is 4.06. The summed E-state index contributed by atoms with van der Waals surface area (Å²) in [4.78, 5) is 12.1. The Morgan fingerprint density at radius 1 is 1.52 bits per heavy atom. The van der Waals surface area contributed by atoms with Crippen molar-refractivity contribution in [1.82, 2.24) is 10.6 Å². The summed E-state index contributed by atoms with van der Waals surface area (Å²) in [5, 5.41) is 15.1. The number of urea groups is 1. The summed E-state index contributed by atoms with van der Waals surface area (Å²) in [6, 6.07) is 4.23. The van der Waals surface area contributed by atoms with Gasteiger partial charge < -0.3 is 15.7 Å². The third-order valence-corrected chi connectivity index (χ3v) is 4.06. The highest BCUT2D eigenvalue weighted by Gasteiger charge is 2.28. The minimum Gasteiger partial charge on any atom is -0.394 e. The molecular weight excluding hydrogens is 271 g/mol. The van der Waals surface area contributed by atoms with Crippen LogP contribution in [0.3, 0.4) is 0 Å².